The molecular formula is C23H31N5O3. The van der Waals surface area contributed by atoms with Crippen LogP contribution in [0.1, 0.15) is 43.4 Å². The third-order valence-corrected chi connectivity index (χ3v) is 5.92. The Morgan fingerprint density at radius 3 is 2.87 bits per heavy atom. The van der Waals surface area contributed by atoms with E-state index >= 15 is 0 Å². The van der Waals surface area contributed by atoms with Crippen molar-refractivity contribution < 1.29 is 14.3 Å². The molecule has 2 aromatic rings. The van der Waals surface area contributed by atoms with Gasteiger partial charge in [-0.05, 0) is 50.3 Å². The molecule has 1 aliphatic carbocycles. The van der Waals surface area contributed by atoms with Crippen molar-refractivity contribution in [1.82, 2.24) is 19.8 Å². The summed E-state index contributed by atoms with van der Waals surface area (Å²) < 4.78 is 7.72. The van der Waals surface area contributed by atoms with Gasteiger partial charge in [0, 0.05) is 38.1 Å². The SMILES string of the molecule is Cc1cn(Cc2cccc(NC(=O)C3CNCCN3C(=O)OC3CCCCC3)c2)cn1. The second-order valence-corrected chi connectivity index (χ2v) is 8.43. The Kier molecular flexibility index (Phi) is 6.86. The largest absolute Gasteiger partial charge is 0.446 e. The van der Waals surface area contributed by atoms with Crippen molar-refractivity contribution in [2.24, 2.45) is 0 Å². The summed E-state index contributed by atoms with van der Waals surface area (Å²) in [6, 6.07) is 7.16. The molecule has 2 N–H and O–H groups in total. The molecule has 1 aromatic carbocycles. The van der Waals surface area contributed by atoms with Crippen molar-refractivity contribution in [2.45, 2.75) is 57.7 Å². The Balaban J connectivity index is 1.39. The Labute approximate surface area is 183 Å². The van der Waals surface area contributed by atoms with Crippen LogP contribution in [0.2, 0.25) is 0 Å². The van der Waals surface area contributed by atoms with E-state index in [0.29, 0.717) is 31.9 Å². The number of imidazole rings is 1. The average molecular weight is 426 g/mol. The lowest BCUT2D eigenvalue weighted by atomic mass is 9.98. The van der Waals surface area contributed by atoms with Gasteiger partial charge in [-0.2, -0.15) is 0 Å². The Morgan fingerprint density at radius 1 is 1.26 bits per heavy atom. The number of nitrogens with one attached hydrogen (secondary N) is 2. The number of rotatable bonds is 5. The zero-order valence-electron chi connectivity index (χ0n) is 18.0. The molecule has 2 heterocycles. The van der Waals surface area contributed by atoms with Gasteiger partial charge < -0.3 is 19.9 Å². The molecule has 1 saturated carbocycles. The van der Waals surface area contributed by atoms with E-state index in [9.17, 15) is 9.59 Å². The van der Waals surface area contributed by atoms with Gasteiger partial charge in [0.05, 0.1) is 12.0 Å². The van der Waals surface area contributed by atoms with Gasteiger partial charge in [-0.3, -0.25) is 9.69 Å². The van der Waals surface area contributed by atoms with E-state index in [1.807, 2.05) is 42.0 Å². The van der Waals surface area contributed by atoms with Crippen LogP contribution in [-0.2, 0) is 16.1 Å². The molecule has 0 radical (unpaired) electrons. The van der Waals surface area contributed by atoms with Gasteiger partial charge in [0.15, 0.2) is 0 Å². The fourth-order valence-corrected chi connectivity index (χ4v) is 4.29. The Hall–Kier alpha value is -2.87. The second-order valence-electron chi connectivity index (χ2n) is 8.43. The third-order valence-electron chi connectivity index (χ3n) is 5.92. The number of carbonyl (C=O) groups is 2. The number of carbonyl (C=O) groups excluding carboxylic acids is 2. The summed E-state index contributed by atoms with van der Waals surface area (Å²) in [5.74, 6) is -0.205. The summed E-state index contributed by atoms with van der Waals surface area (Å²) in [5, 5.41) is 6.19. The lowest BCUT2D eigenvalue weighted by molar-refractivity contribution is -0.121. The third kappa shape index (κ3) is 5.64. The number of nitrogens with zero attached hydrogens (tertiary/aromatic N) is 3. The van der Waals surface area contributed by atoms with E-state index in [0.717, 1.165) is 36.9 Å². The topological polar surface area (TPSA) is 88.5 Å². The number of amides is 2. The van der Waals surface area contributed by atoms with E-state index in [1.54, 1.807) is 11.2 Å². The first kappa shape index (κ1) is 21.4. The van der Waals surface area contributed by atoms with Crippen LogP contribution in [0, 0.1) is 6.92 Å². The van der Waals surface area contributed by atoms with E-state index in [4.69, 9.17) is 4.74 Å². The number of benzene rings is 1. The van der Waals surface area contributed by atoms with Gasteiger partial charge in [-0.15, -0.1) is 0 Å². The monoisotopic (exact) mass is 425 g/mol. The normalized spacial score (nSPS) is 19.8. The molecule has 1 unspecified atom stereocenters. The van der Waals surface area contributed by atoms with Gasteiger partial charge >= 0.3 is 6.09 Å². The van der Waals surface area contributed by atoms with E-state index in [1.165, 1.54) is 6.42 Å². The molecule has 1 atom stereocenters. The summed E-state index contributed by atoms with van der Waals surface area (Å²) in [6.45, 7) is 4.17. The van der Waals surface area contributed by atoms with Crippen molar-refractivity contribution in [1.29, 1.82) is 0 Å². The molecule has 1 aliphatic heterocycles. The number of hydrogen-bond donors (Lipinski definition) is 2. The minimum Gasteiger partial charge on any atom is -0.446 e. The lowest BCUT2D eigenvalue weighted by Gasteiger charge is -2.35. The van der Waals surface area contributed by atoms with Crippen molar-refractivity contribution >= 4 is 17.7 Å². The van der Waals surface area contributed by atoms with E-state index in [-0.39, 0.29) is 18.1 Å². The van der Waals surface area contributed by atoms with Gasteiger partial charge in [-0.25, -0.2) is 9.78 Å². The highest BCUT2D eigenvalue weighted by Crippen LogP contribution is 2.22. The Bertz CT molecular complexity index is 906. The van der Waals surface area contributed by atoms with Crippen molar-refractivity contribution in [2.75, 3.05) is 25.0 Å². The predicted octanol–water partition coefficient (Wildman–Crippen LogP) is 2.92. The summed E-state index contributed by atoms with van der Waals surface area (Å²) in [5.41, 5.74) is 2.74. The zero-order chi connectivity index (χ0) is 21.6. The van der Waals surface area contributed by atoms with Gasteiger partial charge in [0.1, 0.15) is 12.1 Å². The van der Waals surface area contributed by atoms with Crippen LogP contribution in [0.5, 0.6) is 0 Å². The number of hydrogen-bond acceptors (Lipinski definition) is 5. The molecule has 166 valence electrons. The molecule has 0 bridgehead atoms. The maximum Gasteiger partial charge on any atom is 0.410 e. The second kappa shape index (κ2) is 9.96. The maximum absolute atomic E-state index is 13.0. The van der Waals surface area contributed by atoms with Crippen LogP contribution in [-0.4, -0.2) is 58.2 Å². The molecule has 2 aliphatic rings. The zero-order valence-corrected chi connectivity index (χ0v) is 18.0. The van der Waals surface area contributed by atoms with Crippen LogP contribution < -0.4 is 10.6 Å². The lowest BCUT2D eigenvalue weighted by Crippen LogP contribution is -2.58. The van der Waals surface area contributed by atoms with Crippen LogP contribution in [0.4, 0.5) is 10.5 Å². The molecule has 2 amide bonds. The summed E-state index contributed by atoms with van der Waals surface area (Å²) >= 11 is 0. The number of aromatic nitrogens is 2. The molecule has 8 nitrogen and oxygen atoms in total. The van der Waals surface area contributed by atoms with Gasteiger partial charge in [-0.1, -0.05) is 18.6 Å². The molecule has 1 aromatic heterocycles. The first-order valence-corrected chi connectivity index (χ1v) is 11.1. The number of ether oxygens (including phenoxy) is 1. The van der Waals surface area contributed by atoms with Crippen molar-refractivity contribution in [3.05, 3.63) is 48.0 Å². The van der Waals surface area contributed by atoms with E-state index in [2.05, 4.69) is 15.6 Å². The molecule has 4 rings (SSSR count). The molecule has 2 fully saturated rings. The maximum atomic E-state index is 13.0. The molecule has 31 heavy (non-hydrogen) atoms. The summed E-state index contributed by atoms with van der Waals surface area (Å²) in [7, 11) is 0. The van der Waals surface area contributed by atoms with Crippen LogP contribution in [0.25, 0.3) is 0 Å². The average Bonchev–Trinajstić information content (AvgIpc) is 3.19. The minimum absolute atomic E-state index is 0.0247. The highest BCUT2D eigenvalue weighted by molar-refractivity contribution is 5.97. The van der Waals surface area contributed by atoms with Gasteiger partial charge in [0.25, 0.3) is 0 Å². The fraction of sp³-hybridized carbons (Fsp3) is 0.522. The number of anilines is 1. The quantitative estimate of drug-likeness (QED) is 0.769. The molecule has 8 heteroatoms. The van der Waals surface area contributed by atoms with E-state index < -0.39 is 6.04 Å². The standard InChI is InChI=1S/C23H31N5O3/c1-17-14-27(16-25-17)15-18-6-5-7-19(12-18)26-22(29)21-13-24-10-11-28(21)23(30)31-20-8-3-2-4-9-20/h5-7,12,14,16,20-21,24H,2-4,8-11,13,15H2,1H3,(H,26,29). The predicted molar refractivity (Wildman–Crippen MR) is 118 cm³/mol. The molecular weight excluding hydrogens is 394 g/mol. The smallest absolute Gasteiger partial charge is 0.410 e. The highest BCUT2D eigenvalue weighted by atomic mass is 16.6. The van der Waals surface area contributed by atoms with Crippen LogP contribution in [0.15, 0.2) is 36.8 Å². The summed E-state index contributed by atoms with van der Waals surface area (Å²) in [6.07, 6.45) is 8.60. The van der Waals surface area contributed by atoms with Gasteiger partial charge in [0.2, 0.25) is 5.91 Å². The Morgan fingerprint density at radius 2 is 2.10 bits per heavy atom. The first-order valence-electron chi connectivity index (χ1n) is 11.1. The molecule has 0 spiro atoms. The minimum atomic E-state index is -0.593. The van der Waals surface area contributed by atoms with Crippen LogP contribution in [0.3, 0.4) is 0 Å². The molecule has 1 saturated heterocycles. The summed E-state index contributed by atoms with van der Waals surface area (Å²) in [4.78, 5) is 31.6. The van der Waals surface area contributed by atoms with Crippen LogP contribution >= 0.6 is 0 Å². The van der Waals surface area contributed by atoms with Crippen molar-refractivity contribution in [3.63, 3.8) is 0 Å². The number of aryl methyl sites for hydroxylation is 1. The van der Waals surface area contributed by atoms with Crippen molar-refractivity contribution in [3.8, 4) is 0 Å². The first-order chi connectivity index (χ1) is 15.1. The fourth-order valence-electron chi connectivity index (χ4n) is 4.29. The number of piperazine rings is 1. The highest BCUT2D eigenvalue weighted by Gasteiger charge is 2.34.